The average molecular weight is 393 g/mol. The minimum Gasteiger partial charge on any atom is -0.491 e. The summed E-state index contributed by atoms with van der Waals surface area (Å²) >= 11 is 0. The number of rotatable bonds is 2. The van der Waals surface area contributed by atoms with Gasteiger partial charge in [-0.25, -0.2) is 0 Å². The Morgan fingerprint density at radius 1 is 1.24 bits per heavy atom. The van der Waals surface area contributed by atoms with Crippen LogP contribution >= 0.6 is 0 Å². The number of carbonyl (C=O) groups is 1. The van der Waals surface area contributed by atoms with Crippen molar-refractivity contribution in [3.05, 3.63) is 63.7 Å². The van der Waals surface area contributed by atoms with Crippen molar-refractivity contribution in [1.82, 2.24) is 14.9 Å². The Labute approximate surface area is 167 Å². The Bertz CT molecular complexity index is 1140. The Morgan fingerprint density at radius 3 is 2.79 bits per heavy atom. The first-order valence-electron chi connectivity index (χ1n) is 9.91. The number of amides is 1. The van der Waals surface area contributed by atoms with Crippen LogP contribution in [0.25, 0.3) is 10.9 Å². The first kappa shape index (κ1) is 18.0. The van der Waals surface area contributed by atoms with Crippen LogP contribution in [0.3, 0.4) is 0 Å². The number of carbonyl (C=O) groups excluding carboxylic acids is 1. The third-order valence-corrected chi connectivity index (χ3v) is 6.19. The van der Waals surface area contributed by atoms with Crippen molar-refractivity contribution >= 4 is 16.8 Å². The van der Waals surface area contributed by atoms with E-state index in [2.05, 4.69) is 28.2 Å². The van der Waals surface area contributed by atoms with E-state index in [1.54, 1.807) is 4.90 Å². The minimum atomic E-state index is -0.378. The number of likely N-dealkylation sites (tertiary alicyclic amines) is 1. The van der Waals surface area contributed by atoms with Crippen molar-refractivity contribution in [2.45, 2.75) is 24.9 Å². The highest BCUT2D eigenvalue weighted by atomic mass is 16.5. The molecule has 5 rings (SSSR count). The Morgan fingerprint density at radius 2 is 2.03 bits per heavy atom. The first-order chi connectivity index (χ1) is 14.1. The van der Waals surface area contributed by atoms with E-state index in [9.17, 15) is 9.59 Å². The van der Waals surface area contributed by atoms with Gasteiger partial charge in [-0.3, -0.25) is 9.59 Å². The summed E-state index contributed by atoms with van der Waals surface area (Å²) in [7, 11) is 1.43. The van der Waals surface area contributed by atoms with Gasteiger partial charge in [-0.2, -0.15) is 0 Å². The van der Waals surface area contributed by atoms with Crippen LogP contribution in [-0.4, -0.2) is 47.6 Å². The van der Waals surface area contributed by atoms with Gasteiger partial charge in [0.2, 0.25) is 5.43 Å². The van der Waals surface area contributed by atoms with E-state index < -0.39 is 0 Å². The summed E-state index contributed by atoms with van der Waals surface area (Å²) in [5.74, 6) is 0.0216. The minimum absolute atomic E-state index is 0.174. The second-order valence-electron chi connectivity index (χ2n) is 7.69. The molecule has 150 valence electrons. The van der Waals surface area contributed by atoms with E-state index in [1.165, 1.54) is 30.3 Å². The maximum Gasteiger partial charge on any atom is 0.270 e. The molecule has 4 heterocycles. The molecule has 1 fully saturated rings. The van der Waals surface area contributed by atoms with Gasteiger partial charge in [0.05, 0.1) is 19.4 Å². The monoisotopic (exact) mass is 393 g/mol. The maximum atomic E-state index is 12.9. The highest BCUT2D eigenvalue weighted by Gasteiger charge is 2.43. The molecular weight excluding hydrogens is 370 g/mol. The van der Waals surface area contributed by atoms with Gasteiger partial charge >= 0.3 is 0 Å². The second-order valence-corrected chi connectivity index (χ2v) is 7.69. The zero-order chi connectivity index (χ0) is 20.0. The summed E-state index contributed by atoms with van der Waals surface area (Å²) in [6.45, 7) is 1.83. The number of nitrogens with one attached hydrogen (secondary N) is 2. The molecule has 29 heavy (non-hydrogen) atoms. The van der Waals surface area contributed by atoms with Gasteiger partial charge in [-0.05, 0) is 30.9 Å². The summed E-state index contributed by atoms with van der Waals surface area (Å²) < 4.78 is 11.3. The molecular formula is C22H23N3O4. The third kappa shape index (κ3) is 2.84. The molecule has 7 heteroatoms. The predicted molar refractivity (Wildman–Crippen MR) is 108 cm³/mol. The summed E-state index contributed by atoms with van der Waals surface area (Å²) in [5.41, 5.74) is 3.23. The topological polar surface area (TPSA) is 87.4 Å². The largest absolute Gasteiger partial charge is 0.491 e. The van der Waals surface area contributed by atoms with Crippen LogP contribution in [0.4, 0.5) is 0 Å². The van der Waals surface area contributed by atoms with Crippen molar-refractivity contribution < 1.29 is 14.3 Å². The van der Waals surface area contributed by atoms with Crippen LogP contribution in [0.15, 0.2) is 41.3 Å². The van der Waals surface area contributed by atoms with Crippen molar-refractivity contribution in [3.8, 4) is 5.75 Å². The number of nitrogens with zero attached hydrogens (tertiary/aromatic N) is 1. The summed E-state index contributed by atoms with van der Waals surface area (Å²) in [4.78, 5) is 33.1. The van der Waals surface area contributed by atoms with Gasteiger partial charge in [0.15, 0.2) is 5.75 Å². The molecule has 2 N–H and O–H groups in total. The third-order valence-electron chi connectivity index (χ3n) is 6.19. The van der Waals surface area contributed by atoms with Crippen LogP contribution in [-0.2, 0) is 16.8 Å². The van der Waals surface area contributed by atoms with Crippen LogP contribution < -0.4 is 10.2 Å². The fourth-order valence-corrected chi connectivity index (χ4v) is 4.65. The van der Waals surface area contributed by atoms with E-state index in [-0.39, 0.29) is 28.4 Å². The molecule has 0 bridgehead atoms. The fourth-order valence-electron chi connectivity index (χ4n) is 4.65. The molecule has 3 aromatic rings. The Balaban J connectivity index is 1.39. The molecule has 0 saturated carbocycles. The van der Waals surface area contributed by atoms with Crippen LogP contribution in [0.5, 0.6) is 5.75 Å². The summed E-state index contributed by atoms with van der Waals surface area (Å²) in [5, 5.41) is 1.26. The molecule has 7 nitrogen and oxygen atoms in total. The van der Waals surface area contributed by atoms with E-state index in [0.717, 1.165) is 30.5 Å². The van der Waals surface area contributed by atoms with E-state index in [4.69, 9.17) is 9.47 Å². The standard InChI is InChI=1S/C22H23N3O4/c1-28-19-13-23-17(12-18(19)26)21(27)25-9-7-22(8-10-25)20-15(6-11-29-22)14-4-2-3-5-16(14)24-20/h2-5,12-13,24H,6-11H2,1H3,(H,23,26). The number of aromatic amines is 2. The van der Waals surface area contributed by atoms with Gasteiger partial charge < -0.3 is 24.3 Å². The number of ether oxygens (including phenoxy) is 2. The Kier molecular flexibility index (Phi) is 4.20. The van der Waals surface area contributed by atoms with Crippen molar-refractivity contribution in [1.29, 1.82) is 0 Å². The number of hydrogen-bond acceptors (Lipinski definition) is 4. The zero-order valence-corrected chi connectivity index (χ0v) is 16.3. The molecule has 1 saturated heterocycles. The van der Waals surface area contributed by atoms with E-state index in [1.807, 2.05) is 6.07 Å². The van der Waals surface area contributed by atoms with Gasteiger partial charge in [-0.15, -0.1) is 0 Å². The van der Waals surface area contributed by atoms with Crippen LogP contribution in [0.1, 0.15) is 34.6 Å². The molecule has 1 spiro atoms. The smallest absolute Gasteiger partial charge is 0.270 e. The van der Waals surface area contributed by atoms with E-state index in [0.29, 0.717) is 19.7 Å². The number of para-hydroxylation sites is 1. The van der Waals surface area contributed by atoms with Crippen molar-refractivity contribution in [2.24, 2.45) is 0 Å². The molecule has 0 radical (unpaired) electrons. The van der Waals surface area contributed by atoms with Crippen LogP contribution in [0, 0.1) is 0 Å². The molecule has 1 aromatic carbocycles. The lowest BCUT2D eigenvalue weighted by atomic mass is 9.83. The number of aromatic nitrogens is 2. The van der Waals surface area contributed by atoms with Gasteiger partial charge in [0, 0.05) is 36.3 Å². The molecule has 2 aliphatic heterocycles. The highest BCUT2D eigenvalue weighted by molar-refractivity contribution is 5.92. The molecule has 0 atom stereocenters. The molecule has 2 aromatic heterocycles. The summed E-state index contributed by atoms with van der Waals surface area (Å²) in [6, 6.07) is 9.66. The second kappa shape index (κ2) is 6.77. The number of methoxy groups -OCH3 is 1. The quantitative estimate of drug-likeness (QED) is 0.701. The van der Waals surface area contributed by atoms with Gasteiger partial charge in [0.1, 0.15) is 11.3 Å². The normalized spacial score (nSPS) is 18.0. The highest BCUT2D eigenvalue weighted by Crippen LogP contribution is 2.43. The van der Waals surface area contributed by atoms with Crippen molar-refractivity contribution in [3.63, 3.8) is 0 Å². The molecule has 0 aliphatic carbocycles. The molecule has 0 unspecified atom stereocenters. The Hall–Kier alpha value is -3.06. The first-order valence-corrected chi connectivity index (χ1v) is 9.91. The number of fused-ring (bicyclic) bond motifs is 4. The molecule has 1 amide bonds. The molecule has 2 aliphatic rings. The SMILES string of the molecule is COc1c[nH]c(C(=O)N2CCC3(CC2)OCCc2c3[nH]c3ccccc23)cc1=O. The number of pyridine rings is 1. The fraction of sp³-hybridized carbons (Fsp3) is 0.364. The van der Waals surface area contributed by atoms with E-state index >= 15 is 0 Å². The number of H-pyrrole nitrogens is 2. The number of hydrogen-bond donors (Lipinski definition) is 2. The lowest BCUT2D eigenvalue weighted by Crippen LogP contribution is -2.48. The number of benzene rings is 1. The van der Waals surface area contributed by atoms with Crippen molar-refractivity contribution in [2.75, 3.05) is 26.8 Å². The van der Waals surface area contributed by atoms with Gasteiger partial charge in [0.25, 0.3) is 5.91 Å². The lowest BCUT2D eigenvalue weighted by molar-refractivity contribution is -0.0957. The summed E-state index contributed by atoms with van der Waals surface area (Å²) in [6.07, 6.45) is 3.77. The predicted octanol–water partition coefficient (Wildman–Crippen LogP) is 2.57. The van der Waals surface area contributed by atoms with Crippen LogP contribution in [0.2, 0.25) is 0 Å². The maximum absolute atomic E-state index is 12.9. The lowest BCUT2D eigenvalue weighted by Gasteiger charge is -2.43. The number of piperidine rings is 1. The zero-order valence-electron chi connectivity index (χ0n) is 16.3. The average Bonchev–Trinajstić information content (AvgIpc) is 3.14. The van der Waals surface area contributed by atoms with Gasteiger partial charge in [-0.1, -0.05) is 18.2 Å².